The molecule has 0 unspecified atom stereocenters. The molecule has 1 aromatic heterocycles. The maximum absolute atomic E-state index is 12.8. The summed E-state index contributed by atoms with van der Waals surface area (Å²) in [6.07, 6.45) is 3.92. The Morgan fingerprint density at radius 1 is 0.909 bits per heavy atom. The third kappa shape index (κ3) is 4.96. The second-order valence-corrected chi connectivity index (χ2v) is 8.16. The minimum Gasteiger partial charge on any atom is -0.497 e. The first-order chi connectivity index (χ1) is 16.0. The third-order valence-corrected chi connectivity index (χ3v) is 5.64. The summed E-state index contributed by atoms with van der Waals surface area (Å²) in [7, 11) is 3.18. The molecule has 6 heteroatoms. The van der Waals surface area contributed by atoms with E-state index in [1.165, 1.54) is 6.07 Å². The molecule has 0 fully saturated rings. The van der Waals surface area contributed by atoms with Crippen LogP contribution >= 0.6 is 15.9 Å². The summed E-state index contributed by atoms with van der Waals surface area (Å²) in [6, 6.07) is 18.3. The summed E-state index contributed by atoms with van der Waals surface area (Å²) >= 11 is 3.40. The standard InChI is InChI=1S/C27H23BrO5/c1-4-32-20-10-6-17(7-11-20)5-8-18-13-21(30-2)15-25(31-3)27(18)26-16-23(29)22-14-19(28)9-12-24(22)33-26/h5-16H,4H2,1-3H3. The molecule has 4 aromatic rings. The lowest BCUT2D eigenvalue weighted by Gasteiger charge is -2.14. The van der Waals surface area contributed by atoms with Crippen molar-refractivity contribution in [1.29, 1.82) is 0 Å². The fourth-order valence-corrected chi connectivity index (χ4v) is 3.93. The van der Waals surface area contributed by atoms with Gasteiger partial charge in [0, 0.05) is 16.6 Å². The van der Waals surface area contributed by atoms with Crippen molar-refractivity contribution in [2.45, 2.75) is 6.92 Å². The highest BCUT2D eigenvalue weighted by atomic mass is 79.9. The molecule has 168 valence electrons. The van der Waals surface area contributed by atoms with Gasteiger partial charge in [0.1, 0.15) is 28.6 Å². The van der Waals surface area contributed by atoms with Gasteiger partial charge in [-0.3, -0.25) is 4.79 Å². The fraction of sp³-hybridized carbons (Fsp3) is 0.148. The largest absolute Gasteiger partial charge is 0.497 e. The van der Waals surface area contributed by atoms with Crippen molar-refractivity contribution in [2.24, 2.45) is 0 Å². The molecule has 0 saturated heterocycles. The predicted molar refractivity (Wildman–Crippen MR) is 135 cm³/mol. The Hall–Kier alpha value is -3.51. The van der Waals surface area contributed by atoms with Gasteiger partial charge in [-0.25, -0.2) is 0 Å². The molecular weight excluding hydrogens is 484 g/mol. The Labute approximate surface area is 200 Å². The summed E-state index contributed by atoms with van der Waals surface area (Å²) in [4.78, 5) is 12.8. The zero-order valence-corrected chi connectivity index (χ0v) is 20.1. The lowest BCUT2D eigenvalue weighted by Crippen LogP contribution is -2.02. The van der Waals surface area contributed by atoms with Crippen molar-refractivity contribution in [3.8, 4) is 28.6 Å². The Bertz CT molecular complexity index is 1370. The minimum atomic E-state index is -0.133. The number of rotatable bonds is 7. The summed E-state index contributed by atoms with van der Waals surface area (Å²) in [5, 5.41) is 0.507. The highest BCUT2D eigenvalue weighted by Crippen LogP contribution is 2.38. The molecule has 0 bridgehead atoms. The van der Waals surface area contributed by atoms with Gasteiger partial charge in [-0.05, 0) is 54.4 Å². The summed E-state index contributed by atoms with van der Waals surface area (Å²) in [5.74, 6) is 2.41. The summed E-state index contributed by atoms with van der Waals surface area (Å²) < 4.78 is 23.6. The molecule has 0 spiro atoms. The highest BCUT2D eigenvalue weighted by molar-refractivity contribution is 9.10. The van der Waals surface area contributed by atoms with Crippen LogP contribution in [0.2, 0.25) is 0 Å². The predicted octanol–water partition coefficient (Wildman–Crippen LogP) is 6.81. The van der Waals surface area contributed by atoms with Crippen LogP contribution in [0.1, 0.15) is 18.1 Å². The smallest absolute Gasteiger partial charge is 0.193 e. The molecule has 5 nitrogen and oxygen atoms in total. The Kier molecular flexibility index (Phi) is 6.84. The van der Waals surface area contributed by atoms with Crippen LogP contribution in [0.4, 0.5) is 0 Å². The molecule has 0 radical (unpaired) electrons. The topological polar surface area (TPSA) is 57.9 Å². The van der Waals surface area contributed by atoms with E-state index in [9.17, 15) is 4.79 Å². The number of halogens is 1. The molecule has 0 amide bonds. The van der Waals surface area contributed by atoms with E-state index in [1.807, 2.05) is 55.5 Å². The zero-order chi connectivity index (χ0) is 23.4. The van der Waals surface area contributed by atoms with Crippen molar-refractivity contribution in [3.63, 3.8) is 0 Å². The summed E-state index contributed by atoms with van der Waals surface area (Å²) in [5.41, 5.74) is 2.82. The van der Waals surface area contributed by atoms with E-state index < -0.39 is 0 Å². The van der Waals surface area contributed by atoms with Crippen molar-refractivity contribution in [3.05, 3.63) is 86.5 Å². The van der Waals surface area contributed by atoms with Gasteiger partial charge in [0.25, 0.3) is 0 Å². The van der Waals surface area contributed by atoms with Crippen LogP contribution in [0.3, 0.4) is 0 Å². The van der Waals surface area contributed by atoms with Crippen LogP contribution in [-0.2, 0) is 0 Å². The highest BCUT2D eigenvalue weighted by Gasteiger charge is 2.17. The fourth-order valence-electron chi connectivity index (χ4n) is 3.56. The van der Waals surface area contributed by atoms with Gasteiger partial charge >= 0.3 is 0 Å². The normalized spacial score (nSPS) is 11.2. The molecule has 0 N–H and O–H groups in total. The number of benzene rings is 3. The van der Waals surface area contributed by atoms with Gasteiger partial charge in [-0.15, -0.1) is 0 Å². The van der Waals surface area contributed by atoms with E-state index in [2.05, 4.69) is 15.9 Å². The van der Waals surface area contributed by atoms with Crippen LogP contribution in [0.15, 0.2) is 74.3 Å². The first kappa shape index (κ1) is 22.7. The number of hydrogen-bond donors (Lipinski definition) is 0. The average Bonchev–Trinajstić information content (AvgIpc) is 2.83. The SMILES string of the molecule is CCOc1ccc(C=Cc2cc(OC)cc(OC)c2-c2cc(=O)c3cc(Br)ccc3o2)cc1. The first-order valence-corrected chi connectivity index (χ1v) is 11.2. The third-order valence-electron chi connectivity index (χ3n) is 5.14. The second-order valence-electron chi connectivity index (χ2n) is 7.24. The maximum atomic E-state index is 12.8. The molecule has 0 aliphatic rings. The van der Waals surface area contributed by atoms with E-state index in [-0.39, 0.29) is 5.43 Å². The van der Waals surface area contributed by atoms with E-state index in [0.29, 0.717) is 40.4 Å². The van der Waals surface area contributed by atoms with E-state index in [4.69, 9.17) is 18.6 Å². The molecule has 4 rings (SSSR count). The number of methoxy groups -OCH3 is 2. The molecule has 1 heterocycles. The number of fused-ring (bicyclic) bond motifs is 1. The molecule has 0 aliphatic carbocycles. The Morgan fingerprint density at radius 3 is 2.39 bits per heavy atom. The van der Waals surface area contributed by atoms with Crippen molar-refractivity contribution < 1.29 is 18.6 Å². The van der Waals surface area contributed by atoms with Crippen LogP contribution in [0.25, 0.3) is 34.4 Å². The lowest BCUT2D eigenvalue weighted by atomic mass is 10.0. The Balaban J connectivity index is 1.85. The van der Waals surface area contributed by atoms with Crippen molar-refractivity contribution in [2.75, 3.05) is 20.8 Å². The molecule has 0 aliphatic heterocycles. The summed E-state index contributed by atoms with van der Waals surface area (Å²) in [6.45, 7) is 2.57. The van der Waals surface area contributed by atoms with Gasteiger partial charge in [0.15, 0.2) is 5.43 Å². The number of ether oxygens (including phenoxy) is 3. The molecule has 0 saturated carbocycles. The van der Waals surface area contributed by atoms with Crippen LogP contribution < -0.4 is 19.6 Å². The molecule has 33 heavy (non-hydrogen) atoms. The molecule has 0 atom stereocenters. The van der Waals surface area contributed by atoms with Gasteiger partial charge in [0.05, 0.1) is 31.8 Å². The zero-order valence-electron chi connectivity index (χ0n) is 18.6. The van der Waals surface area contributed by atoms with Crippen molar-refractivity contribution >= 4 is 39.1 Å². The van der Waals surface area contributed by atoms with Gasteiger partial charge in [-0.1, -0.05) is 40.2 Å². The second kappa shape index (κ2) is 9.96. The van der Waals surface area contributed by atoms with Crippen molar-refractivity contribution in [1.82, 2.24) is 0 Å². The van der Waals surface area contributed by atoms with E-state index in [1.54, 1.807) is 32.4 Å². The van der Waals surface area contributed by atoms with Crippen LogP contribution in [0, 0.1) is 0 Å². The monoisotopic (exact) mass is 506 g/mol. The molecule has 3 aromatic carbocycles. The number of hydrogen-bond acceptors (Lipinski definition) is 5. The Morgan fingerprint density at radius 2 is 1.70 bits per heavy atom. The van der Waals surface area contributed by atoms with E-state index >= 15 is 0 Å². The quantitative estimate of drug-likeness (QED) is 0.257. The average molecular weight is 507 g/mol. The van der Waals surface area contributed by atoms with Gasteiger partial charge < -0.3 is 18.6 Å². The maximum Gasteiger partial charge on any atom is 0.193 e. The van der Waals surface area contributed by atoms with Gasteiger partial charge in [0.2, 0.25) is 0 Å². The molecular formula is C27H23BrO5. The van der Waals surface area contributed by atoms with Crippen LogP contribution in [0.5, 0.6) is 17.2 Å². The first-order valence-electron chi connectivity index (χ1n) is 10.4. The van der Waals surface area contributed by atoms with Gasteiger partial charge in [-0.2, -0.15) is 0 Å². The van der Waals surface area contributed by atoms with Crippen LogP contribution in [-0.4, -0.2) is 20.8 Å². The van der Waals surface area contributed by atoms with E-state index in [0.717, 1.165) is 21.3 Å². The lowest BCUT2D eigenvalue weighted by molar-refractivity contribution is 0.340. The minimum absolute atomic E-state index is 0.133.